The Morgan fingerprint density at radius 2 is 1.62 bits per heavy atom. The summed E-state index contributed by atoms with van der Waals surface area (Å²) in [7, 11) is 0. The highest BCUT2D eigenvalue weighted by Gasteiger charge is 2.19. The molecule has 0 saturated heterocycles. The zero-order valence-corrected chi connectivity index (χ0v) is 13.3. The molecule has 116 valence electrons. The maximum Gasteiger partial charge on any atom is 0.121 e. The van der Waals surface area contributed by atoms with E-state index >= 15 is 0 Å². The van der Waals surface area contributed by atoms with Crippen molar-refractivity contribution in [1.29, 1.82) is 0 Å². The number of aryl methyl sites for hydroxylation is 1. The molecule has 0 atom stereocenters. The highest BCUT2D eigenvalue weighted by Crippen LogP contribution is 2.33. The summed E-state index contributed by atoms with van der Waals surface area (Å²) in [5.74, 6) is 0. The van der Waals surface area contributed by atoms with E-state index in [1.54, 1.807) is 12.4 Å². The topological polar surface area (TPSA) is 43.6 Å². The molecule has 0 spiro atoms. The van der Waals surface area contributed by atoms with Crippen LogP contribution < -0.4 is 0 Å². The Balaban J connectivity index is 2.00. The van der Waals surface area contributed by atoms with Gasteiger partial charge in [0.1, 0.15) is 11.4 Å². The lowest BCUT2D eigenvalue weighted by molar-refractivity contribution is 0.804. The van der Waals surface area contributed by atoms with Crippen LogP contribution in [0, 0.1) is 6.92 Å². The van der Waals surface area contributed by atoms with Gasteiger partial charge in [-0.25, -0.2) is 4.68 Å². The third kappa shape index (κ3) is 2.48. The van der Waals surface area contributed by atoms with Crippen LogP contribution in [0.3, 0.4) is 0 Å². The number of pyridine rings is 1. The molecule has 0 fully saturated rings. The summed E-state index contributed by atoms with van der Waals surface area (Å²) in [6.45, 7) is 2.10. The molecular formula is C20H16N4. The Labute approximate surface area is 140 Å². The predicted octanol–water partition coefficient (Wildman–Crippen LogP) is 4.30. The minimum Gasteiger partial charge on any atom is -0.262 e. The molecule has 0 aliphatic carbocycles. The molecule has 24 heavy (non-hydrogen) atoms. The fraction of sp³-hybridized carbons (Fsp3) is 0.0500. The van der Waals surface area contributed by atoms with E-state index in [0.717, 1.165) is 28.2 Å². The lowest BCUT2D eigenvalue weighted by Crippen LogP contribution is -2.01. The van der Waals surface area contributed by atoms with Gasteiger partial charge in [-0.05, 0) is 24.6 Å². The van der Waals surface area contributed by atoms with Gasteiger partial charge in [0.05, 0.1) is 11.9 Å². The van der Waals surface area contributed by atoms with Crippen molar-refractivity contribution in [1.82, 2.24) is 20.0 Å². The van der Waals surface area contributed by atoms with Gasteiger partial charge in [-0.1, -0.05) is 59.8 Å². The average Bonchev–Trinajstić information content (AvgIpc) is 3.08. The molecule has 0 aliphatic heterocycles. The van der Waals surface area contributed by atoms with Gasteiger partial charge in [-0.2, -0.15) is 0 Å². The highest BCUT2D eigenvalue weighted by molar-refractivity contribution is 5.80. The number of hydrogen-bond acceptors (Lipinski definition) is 3. The van der Waals surface area contributed by atoms with Crippen LogP contribution in [0.2, 0.25) is 0 Å². The second-order valence-electron chi connectivity index (χ2n) is 5.59. The molecule has 4 aromatic rings. The van der Waals surface area contributed by atoms with E-state index in [1.165, 1.54) is 5.56 Å². The van der Waals surface area contributed by atoms with E-state index in [-0.39, 0.29) is 0 Å². The van der Waals surface area contributed by atoms with Crippen LogP contribution in [0.25, 0.3) is 28.2 Å². The molecule has 4 heteroatoms. The van der Waals surface area contributed by atoms with E-state index in [1.807, 2.05) is 47.1 Å². The van der Waals surface area contributed by atoms with Crippen LogP contribution in [-0.4, -0.2) is 20.0 Å². The number of nitrogens with zero attached hydrogens (tertiary/aromatic N) is 4. The lowest BCUT2D eigenvalue weighted by Gasteiger charge is -2.10. The predicted molar refractivity (Wildman–Crippen MR) is 94.8 cm³/mol. The van der Waals surface area contributed by atoms with Crippen molar-refractivity contribution in [3.05, 3.63) is 84.7 Å². The smallest absolute Gasteiger partial charge is 0.121 e. The van der Waals surface area contributed by atoms with E-state index < -0.39 is 0 Å². The Hall–Kier alpha value is -3.27. The fourth-order valence-electron chi connectivity index (χ4n) is 2.81. The van der Waals surface area contributed by atoms with Crippen LogP contribution >= 0.6 is 0 Å². The number of aromatic nitrogens is 4. The molecule has 4 nitrogen and oxygen atoms in total. The van der Waals surface area contributed by atoms with Gasteiger partial charge in [0.2, 0.25) is 0 Å². The van der Waals surface area contributed by atoms with Crippen molar-refractivity contribution in [2.45, 2.75) is 6.92 Å². The highest BCUT2D eigenvalue weighted by atomic mass is 15.4. The summed E-state index contributed by atoms with van der Waals surface area (Å²) in [6, 6.07) is 22.3. The molecule has 2 heterocycles. The van der Waals surface area contributed by atoms with Crippen molar-refractivity contribution in [3.63, 3.8) is 0 Å². The summed E-state index contributed by atoms with van der Waals surface area (Å²) >= 11 is 0. The number of hydrogen-bond donors (Lipinski definition) is 0. The van der Waals surface area contributed by atoms with Crippen LogP contribution in [0.4, 0.5) is 0 Å². The Kier molecular flexibility index (Phi) is 3.63. The average molecular weight is 312 g/mol. The monoisotopic (exact) mass is 312 g/mol. The first-order valence-corrected chi connectivity index (χ1v) is 7.82. The zero-order valence-electron chi connectivity index (χ0n) is 13.3. The molecule has 0 saturated carbocycles. The van der Waals surface area contributed by atoms with E-state index in [4.69, 9.17) is 0 Å². The second-order valence-corrected chi connectivity index (χ2v) is 5.59. The number of rotatable bonds is 3. The van der Waals surface area contributed by atoms with Gasteiger partial charge in [-0.15, -0.1) is 5.10 Å². The number of benzene rings is 2. The van der Waals surface area contributed by atoms with Gasteiger partial charge in [-0.3, -0.25) is 4.98 Å². The van der Waals surface area contributed by atoms with E-state index in [2.05, 4.69) is 46.5 Å². The molecular weight excluding hydrogens is 296 g/mol. The Morgan fingerprint density at radius 1 is 0.833 bits per heavy atom. The van der Waals surface area contributed by atoms with Crippen molar-refractivity contribution in [3.8, 4) is 28.2 Å². The summed E-state index contributed by atoms with van der Waals surface area (Å²) in [5, 5.41) is 8.87. The van der Waals surface area contributed by atoms with E-state index in [0.29, 0.717) is 0 Å². The molecule has 0 unspecified atom stereocenters. The van der Waals surface area contributed by atoms with Gasteiger partial charge in [0.15, 0.2) is 0 Å². The summed E-state index contributed by atoms with van der Waals surface area (Å²) in [5.41, 5.74) is 6.09. The van der Waals surface area contributed by atoms with Crippen molar-refractivity contribution < 1.29 is 0 Å². The van der Waals surface area contributed by atoms with Gasteiger partial charge in [0, 0.05) is 17.3 Å². The largest absolute Gasteiger partial charge is 0.262 e. The van der Waals surface area contributed by atoms with Gasteiger partial charge >= 0.3 is 0 Å². The molecule has 0 radical (unpaired) electrons. The zero-order chi connectivity index (χ0) is 16.4. The molecule has 0 amide bonds. The molecule has 0 bridgehead atoms. The first kappa shape index (κ1) is 14.3. The minimum atomic E-state index is 0.869. The Bertz CT molecular complexity index is 902. The van der Waals surface area contributed by atoms with Gasteiger partial charge < -0.3 is 0 Å². The molecule has 0 N–H and O–H groups in total. The Morgan fingerprint density at radius 3 is 2.38 bits per heavy atom. The SMILES string of the molecule is Cc1ccccc1-c1c(-c2ccccc2)nnn1-c1cccnc1. The summed E-state index contributed by atoms with van der Waals surface area (Å²) in [6.07, 6.45) is 3.55. The lowest BCUT2D eigenvalue weighted by atomic mass is 10.0. The van der Waals surface area contributed by atoms with Crippen LogP contribution in [-0.2, 0) is 0 Å². The van der Waals surface area contributed by atoms with Crippen molar-refractivity contribution in [2.75, 3.05) is 0 Å². The maximum absolute atomic E-state index is 4.47. The third-order valence-electron chi connectivity index (χ3n) is 4.01. The molecule has 4 rings (SSSR count). The first-order valence-electron chi connectivity index (χ1n) is 7.82. The van der Waals surface area contributed by atoms with Crippen LogP contribution in [0.15, 0.2) is 79.1 Å². The normalized spacial score (nSPS) is 10.7. The standard InChI is InChI=1S/C20H16N4/c1-15-8-5-6-12-18(15)20-19(16-9-3-2-4-10-16)22-23-24(20)17-11-7-13-21-14-17/h2-14H,1H3. The molecule has 2 aromatic carbocycles. The first-order chi connectivity index (χ1) is 11.8. The second kappa shape index (κ2) is 6.08. The quantitative estimate of drug-likeness (QED) is 0.566. The molecule has 2 aromatic heterocycles. The maximum atomic E-state index is 4.47. The van der Waals surface area contributed by atoms with Crippen molar-refractivity contribution >= 4 is 0 Å². The third-order valence-corrected chi connectivity index (χ3v) is 4.01. The molecule has 0 aliphatic rings. The van der Waals surface area contributed by atoms with Gasteiger partial charge in [0.25, 0.3) is 0 Å². The fourth-order valence-corrected chi connectivity index (χ4v) is 2.81. The summed E-state index contributed by atoms with van der Waals surface area (Å²) < 4.78 is 1.86. The van der Waals surface area contributed by atoms with E-state index in [9.17, 15) is 0 Å². The van der Waals surface area contributed by atoms with Crippen molar-refractivity contribution in [2.24, 2.45) is 0 Å². The van der Waals surface area contributed by atoms with Crippen LogP contribution in [0.5, 0.6) is 0 Å². The minimum absolute atomic E-state index is 0.869. The van der Waals surface area contributed by atoms with Crippen LogP contribution in [0.1, 0.15) is 5.56 Å². The summed E-state index contributed by atoms with van der Waals surface area (Å²) in [4.78, 5) is 4.21.